The van der Waals surface area contributed by atoms with Gasteiger partial charge in [-0.15, -0.1) is 0 Å². The van der Waals surface area contributed by atoms with Gasteiger partial charge in [0.15, 0.2) is 5.75 Å². The zero-order chi connectivity index (χ0) is 18.5. The third-order valence-corrected chi connectivity index (χ3v) is 4.41. The number of benzene rings is 2. The van der Waals surface area contributed by atoms with Crippen molar-refractivity contribution in [2.24, 2.45) is 0 Å². The Kier molecular flexibility index (Phi) is 9.34. The molecule has 0 amide bonds. The van der Waals surface area contributed by atoms with E-state index in [1.807, 2.05) is 48.5 Å². The van der Waals surface area contributed by atoms with Crippen molar-refractivity contribution in [3.05, 3.63) is 54.6 Å². The highest BCUT2D eigenvalue weighted by atomic mass is 17.2. The van der Waals surface area contributed by atoms with Crippen molar-refractivity contribution < 1.29 is 14.6 Å². The lowest BCUT2D eigenvalue weighted by molar-refractivity contribution is -0.213. The van der Waals surface area contributed by atoms with Crippen molar-refractivity contribution in [2.75, 3.05) is 0 Å². The fourth-order valence-corrected chi connectivity index (χ4v) is 2.90. The van der Waals surface area contributed by atoms with Crippen molar-refractivity contribution in [2.45, 2.75) is 64.7 Å². The minimum atomic E-state index is -0.305. The van der Waals surface area contributed by atoms with E-state index in [1.54, 1.807) is 6.07 Å². The van der Waals surface area contributed by atoms with Crippen molar-refractivity contribution >= 4 is 5.97 Å². The first kappa shape index (κ1) is 20.0. The van der Waals surface area contributed by atoms with Crippen molar-refractivity contribution in [3.8, 4) is 16.9 Å². The summed E-state index contributed by atoms with van der Waals surface area (Å²) in [6, 6.07) is 17.6. The number of hydrogen-bond donors (Lipinski definition) is 0. The Morgan fingerprint density at radius 3 is 2.15 bits per heavy atom. The summed E-state index contributed by atoms with van der Waals surface area (Å²) in [7, 11) is 0. The number of unbranched alkanes of at least 4 members (excludes halogenated alkanes) is 7. The highest BCUT2D eigenvalue weighted by Crippen LogP contribution is 2.23. The second-order valence-electron chi connectivity index (χ2n) is 6.66. The summed E-state index contributed by atoms with van der Waals surface area (Å²) in [5.41, 5.74) is 2.13. The first-order chi connectivity index (χ1) is 12.8. The molecular weight excluding hydrogens is 324 g/mol. The molecule has 0 unspecified atom stereocenters. The molecule has 2 aromatic carbocycles. The van der Waals surface area contributed by atoms with Crippen LogP contribution in [0.1, 0.15) is 64.7 Å². The molecule has 0 saturated carbocycles. The van der Waals surface area contributed by atoms with E-state index >= 15 is 0 Å². The van der Waals surface area contributed by atoms with Crippen molar-refractivity contribution in [1.82, 2.24) is 0 Å². The van der Waals surface area contributed by atoms with Gasteiger partial charge in [-0.05, 0) is 29.7 Å². The molecule has 2 aromatic rings. The predicted octanol–water partition coefficient (Wildman–Crippen LogP) is 6.72. The molecule has 26 heavy (non-hydrogen) atoms. The molecule has 0 aromatic heterocycles. The lowest BCUT2D eigenvalue weighted by Gasteiger charge is -2.07. The fourth-order valence-electron chi connectivity index (χ4n) is 2.90. The summed E-state index contributed by atoms with van der Waals surface area (Å²) in [6.45, 7) is 2.23. The molecule has 0 atom stereocenters. The highest BCUT2D eigenvalue weighted by molar-refractivity contribution is 5.69. The topological polar surface area (TPSA) is 35.5 Å². The van der Waals surface area contributed by atoms with Gasteiger partial charge in [0.1, 0.15) is 0 Å². The van der Waals surface area contributed by atoms with Crippen molar-refractivity contribution in [3.63, 3.8) is 0 Å². The van der Waals surface area contributed by atoms with E-state index in [4.69, 9.17) is 9.78 Å². The van der Waals surface area contributed by atoms with Gasteiger partial charge >= 0.3 is 5.97 Å². The predicted molar refractivity (Wildman–Crippen MR) is 106 cm³/mol. The minimum absolute atomic E-state index is 0.305. The molecule has 0 aliphatic carbocycles. The SMILES string of the molecule is CCCCCCCCCCC(=O)OOc1cccc(-c2ccccc2)c1. The van der Waals surface area contributed by atoms with Gasteiger partial charge in [0.25, 0.3) is 0 Å². The smallest absolute Gasteiger partial charge is 0.287 e. The van der Waals surface area contributed by atoms with Crippen LogP contribution < -0.4 is 4.89 Å². The van der Waals surface area contributed by atoms with Gasteiger partial charge in [0.05, 0.1) is 6.42 Å². The van der Waals surface area contributed by atoms with Crippen LogP contribution in [0.2, 0.25) is 0 Å². The fraction of sp³-hybridized carbons (Fsp3) is 0.435. The summed E-state index contributed by atoms with van der Waals surface area (Å²) in [6.07, 6.45) is 10.0. The molecule has 0 bridgehead atoms. The van der Waals surface area contributed by atoms with Gasteiger partial charge in [-0.25, -0.2) is 4.79 Å². The number of carbonyl (C=O) groups excluding carboxylic acids is 1. The quantitative estimate of drug-likeness (QED) is 0.241. The summed E-state index contributed by atoms with van der Waals surface area (Å²) in [5, 5.41) is 0. The van der Waals surface area contributed by atoms with Crippen molar-refractivity contribution in [1.29, 1.82) is 0 Å². The maximum Gasteiger partial charge on any atom is 0.355 e. The molecule has 0 radical (unpaired) electrons. The molecule has 0 saturated heterocycles. The summed E-state index contributed by atoms with van der Waals surface area (Å²) >= 11 is 0. The molecule has 0 aliphatic rings. The van der Waals surface area contributed by atoms with Crippen LogP contribution >= 0.6 is 0 Å². The number of carbonyl (C=O) groups is 1. The first-order valence-electron chi connectivity index (χ1n) is 9.82. The Labute approximate surface area is 157 Å². The van der Waals surface area contributed by atoms with Gasteiger partial charge < -0.3 is 0 Å². The van der Waals surface area contributed by atoms with E-state index in [0.717, 1.165) is 24.0 Å². The van der Waals surface area contributed by atoms with Crippen LogP contribution in [0.4, 0.5) is 0 Å². The highest BCUT2D eigenvalue weighted by Gasteiger charge is 2.06. The Hall–Kier alpha value is -2.29. The maximum absolute atomic E-state index is 11.8. The molecule has 0 spiro atoms. The zero-order valence-corrected chi connectivity index (χ0v) is 15.8. The Morgan fingerprint density at radius 1 is 0.769 bits per heavy atom. The molecule has 140 valence electrons. The summed E-state index contributed by atoms with van der Waals surface area (Å²) in [5.74, 6) is 0.233. The Balaban J connectivity index is 1.63. The molecule has 0 heterocycles. The standard InChI is InChI=1S/C23H30O3/c1-2-3-4-5-6-7-8-12-18-23(24)26-25-22-17-13-16-21(19-22)20-14-10-9-11-15-20/h9-11,13-17,19H,2-8,12,18H2,1H3. The van der Waals surface area contributed by atoms with Crippen LogP contribution in [0, 0.1) is 0 Å². The van der Waals surface area contributed by atoms with E-state index in [-0.39, 0.29) is 5.97 Å². The normalized spacial score (nSPS) is 10.5. The molecule has 2 rings (SSSR count). The van der Waals surface area contributed by atoms with E-state index in [0.29, 0.717) is 12.2 Å². The summed E-state index contributed by atoms with van der Waals surface area (Å²) in [4.78, 5) is 21.9. The molecular formula is C23H30O3. The Morgan fingerprint density at radius 2 is 1.42 bits per heavy atom. The average molecular weight is 354 g/mol. The van der Waals surface area contributed by atoms with E-state index in [1.165, 1.54) is 38.5 Å². The van der Waals surface area contributed by atoms with Crippen LogP contribution in [0.3, 0.4) is 0 Å². The monoisotopic (exact) mass is 354 g/mol. The molecule has 3 nitrogen and oxygen atoms in total. The largest absolute Gasteiger partial charge is 0.355 e. The summed E-state index contributed by atoms with van der Waals surface area (Å²) < 4.78 is 0. The second kappa shape index (κ2) is 12.1. The zero-order valence-electron chi connectivity index (χ0n) is 15.8. The third-order valence-electron chi connectivity index (χ3n) is 4.41. The first-order valence-corrected chi connectivity index (χ1v) is 9.82. The van der Waals surface area contributed by atoms with Crippen LogP contribution in [0.5, 0.6) is 5.75 Å². The Bertz CT molecular complexity index is 637. The molecule has 0 fully saturated rings. The lowest BCUT2D eigenvalue weighted by atomic mass is 10.1. The molecule has 0 N–H and O–H groups in total. The van der Waals surface area contributed by atoms with Crippen LogP contribution in [-0.4, -0.2) is 5.97 Å². The van der Waals surface area contributed by atoms with Crippen LogP contribution in [0.25, 0.3) is 11.1 Å². The molecule has 3 heteroatoms. The lowest BCUT2D eigenvalue weighted by Crippen LogP contribution is -2.07. The maximum atomic E-state index is 11.8. The van der Waals surface area contributed by atoms with E-state index < -0.39 is 0 Å². The van der Waals surface area contributed by atoms with E-state index in [2.05, 4.69) is 6.92 Å². The third kappa shape index (κ3) is 7.73. The van der Waals surface area contributed by atoms with Crippen LogP contribution in [0.15, 0.2) is 54.6 Å². The van der Waals surface area contributed by atoms with Crippen LogP contribution in [-0.2, 0) is 9.68 Å². The van der Waals surface area contributed by atoms with Gasteiger partial charge in [-0.3, -0.25) is 9.78 Å². The van der Waals surface area contributed by atoms with Gasteiger partial charge in [-0.1, -0.05) is 94.3 Å². The number of rotatable bonds is 12. The average Bonchev–Trinajstić information content (AvgIpc) is 2.69. The van der Waals surface area contributed by atoms with Gasteiger partial charge in [0, 0.05) is 0 Å². The second-order valence-corrected chi connectivity index (χ2v) is 6.66. The van der Waals surface area contributed by atoms with Gasteiger partial charge in [-0.2, -0.15) is 0 Å². The number of hydrogen-bond acceptors (Lipinski definition) is 3. The van der Waals surface area contributed by atoms with Gasteiger partial charge in [0.2, 0.25) is 0 Å². The van der Waals surface area contributed by atoms with E-state index in [9.17, 15) is 4.79 Å². The minimum Gasteiger partial charge on any atom is -0.287 e. The molecule has 0 aliphatic heterocycles.